The third-order valence-electron chi connectivity index (χ3n) is 7.17. The average Bonchev–Trinajstić information content (AvgIpc) is 3.74. The molecule has 230 valence electrons. The Morgan fingerprint density at radius 2 is 1.67 bits per heavy atom. The molecule has 1 aromatic rings. The number of hydrogen-bond acceptors (Lipinski definition) is 9. The number of carbonyl (C=O) groups excluding carboxylic acids is 6. The zero-order valence-corrected chi connectivity index (χ0v) is 23.0. The van der Waals surface area contributed by atoms with E-state index >= 15 is 0 Å². The van der Waals surface area contributed by atoms with Crippen molar-refractivity contribution in [3.05, 3.63) is 18.2 Å². The SMILES string of the molecule is NC(=O)CC[C@H](N)C(=O)NCC(=O)N1CCC[C@H]1C(=O)N1CCC[C@H]1C(=O)N[C@@H](Cc1cnc[nH]1)C(=O)NCC(=O)O. The van der Waals surface area contributed by atoms with Gasteiger partial charge in [-0.1, -0.05) is 0 Å². The molecule has 3 heterocycles. The van der Waals surface area contributed by atoms with Gasteiger partial charge in [0.1, 0.15) is 24.7 Å². The Hall–Kier alpha value is -4.54. The van der Waals surface area contributed by atoms with E-state index in [1.807, 2.05) is 0 Å². The van der Waals surface area contributed by atoms with Crippen LogP contribution in [0.25, 0.3) is 0 Å². The molecular formula is C25H37N9O8. The lowest BCUT2D eigenvalue weighted by atomic mass is 10.1. The van der Waals surface area contributed by atoms with Crippen LogP contribution < -0.4 is 27.4 Å². The van der Waals surface area contributed by atoms with Crippen LogP contribution in [0.3, 0.4) is 0 Å². The van der Waals surface area contributed by atoms with E-state index in [-0.39, 0.29) is 25.8 Å². The Labute approximate surface area is 241 Å². The van der Waals surface area contributed by atoms with Gasteiger partial charge in [0.15, 0.2) is 0 Å². The molecule has 4 atom stereocenters. The summed E-state index contributed by atoms with van der Waals surface area (Å²) in [7, 11) is 0. The molecule has 0 aliphatic carbocycles. The van der Waals surface area contributed by atoms with Crippen LogP contribution >= 0.6 is 0 Å². The monoisotopic (exact) mass is 591 g/mol. The fraction of sp³-hybridized carbons (Fsp3) is 0.600. The summed E-state index contributed by atoms with van der Waals surface area (Å²) in [6.45, 7) is -0.456. The van der Waals surface area contributed by atoms with Gasteiger partial charge in [-0.15, -0.1) is 0 Å². The van der Waals surface area contributed by atoms with Crippen LogP contribution in [0.2, 0.25) is 0 Å². The third-order valence-corrected chi connectivity index (χ3v) is 7.17. The molecule has 0 radical (unpaired) electrons. The lowest BCUT2D eigenvalue weighted by molar-refractivity contribution is -0.147. The number of carbonyl (C=O) groups is 7. The number of carboxylic acid groups (broad SMARTS) is 1. The molecular weight excluding hydrogens is 554 g/mol. The standard InChI is InChI=1S/C25H37N9O8/c26-15(5-6-19(27)35)22(39)29-11-20(36)33-7-2-4-18(33)25(42)34-8-1-3-17(34)24(41)32-16(9-14-10-28-13-31-14)23(40)30-12-21(37)38/h10,13,15-18H,1-9,11-12,26H2,(H2,27,35)(H,28,31)(H,29,39)(H,30,40)(H,32,41)(H,37,38)/t15-,16-,17-,18-/m0/s1. The average molecular weight is 592 g/mol. The number of nitrogens with zero attached hydrogens (tertiary/aromatic N) is 3. The molecule has 17 heteroatoms. The van der Waals surface area contributed by atoms with Crippen molar-refractivity contribution in [2.75, 3.05) is 26.2 Å². The Kier molecular flexibility index (Phi) is 11.3. The van der Waals surface area contributed by atoms with E-state index in [0.717, 1.165) is 0 Å². The largest absolute Gasteiger partial charge is 0.480 e. The molecule has 0 spiro atoms. The van der Waals surface area contributed by atoms with Crippen molar-refractivity contribution in [2.45, 2.75) is 69.1 Å². The minimum atomic E-state index is -1.25. The number of likely N-dealkylation sites (tertiary alicyclic amines) is 2. The molecule has 0 bridgehead atoms. The van der Waals surface area contributed by atoms with E-state index < -0.39 is 78.7 Å². The fourth-order valence-corrected chi connectivity index (χ4v) is 5.02. The van der Waals surface area contributed by atoms with Gasteiger partial charge in [0, 0.05) is 37.8 Å². The summed E-state index contributed by atoms with van der Waals surface area (Å²) in [4.78, 5) is 96.0. The number of primary amides is 1. The molecule has 0 saturated carbocycles. The predicted molar refractivity (Wildman–Crippen MR) is 144 cm³/mol. The minimum absolute atomic E-state index is 0.0146. The molecule has 9 N–H and O–H groups in total. The minimum Gasteiger partial charge on any atom is -0.480 e. The van der Waals surface area contributed by atoms with Gasteiger partial charge in [-0.2, -0.15) is 0 Å². The third kappa shape index (κ3) is 8.73. The summed E-state index contributed by atoms with van der Waals surface area (Å²) >= 11 is 0. The number of aromatic nitrogens is 2. The second-order valence-corrected chi connectivity index (χ2v) is 10.2. The number of aliphatic carboxylic acids is 1. The molecule has 3 rings (SSSR count). The van der Waals surface area contributed by atoms with Gasteiger partial charge in [-0.05, 0) is 32.1 Å². The maximum Gasteiger partial charge on any atom is 0.322 e. The first-order chi connectivity index (χ1) is 20.0. The summed E-state index contributed by atoms with van der Waals surface area (Å²) < 4.78 is 0. The number of rotatable bonds is 14. The van der Waals surface area contributed by atoms with Crippen LogP contribution in [0.15, 0.2) is 12.5 Å². The highest BCUT2D eigenvalue weighted by atomic mass is 16.4. The van der Waals surface area contributed by atoms with Crippen molar-refractivity contribution in [1.82, 2.24) is 35.7 Å². The van der Waals surface area contributed by atoms with Crippen LogP contribution in [0.5, 0.6) is 0 Å². The molecule has 0 aromatic carbocycles. The molecule has 2 saturated heterocycles. The smallest absolute Gasteiger partial charge is 0.322 e. The van der Waals surface area contributed by atoms with E-state index in [2.05, 4.69) is 25.9 Å². The van der Waals surface area contributed by atoms with Gasteiger partial charge in [0.25, 0.3) is 0 Å². The van der Waals surface area contributed by atoms with Crippen molar-refractivity contribution in [3.8, 4) is 0 Å². The Morgan fingerprint density at radius 3 is 2.31 bits per heavy atom. The van der Waals surface area contributed by atoms with Crippen LogP contribution in [0.1, 0.15) is 44.2 Å². The van der Waals surface area contributed by atoms with Gasteiger partial charge >= 0.3 is 5.97 Å². The van der Waals surface area contributed by atoms with Gasteiger partial charge in [0.2, 0.25) is 35.4 Å². The van der Waals surface area contributed by atoms with E-state index in [1.165, 1.54) is 22.3 Å². The summed E-state index contributed by atoms with van der Waals surface area (Å²) in [6, 6.07) is -3.87. The van der Waals surface area contributed by atoms with Crippen LogP contribution in [0.4, 0.5) is 0 Å². The van der Waals surface area contributed by atoms with Gasteiger partial charge in [0.05, 0.1) is 18.9 Å². The van der Waals surface area contributed by atoms with E-state index in [4.69, 9.17) is 16.6 Å². The van der Waals surface area contributed by atoms with Crippen molar-refractivity contribution >= 4 is 41.4 Å². The predicted octanol–water partition coefficient (Wildman–Crippen LogP) is -3.67. The van der Waals surface area contributed by atoms with E-state index in [1.54, 1.807) is 0 Å². The maximum atomic E-state index is 13.6. The second kappa shape index (κ2) is 14.9. The number of hydrogen-bond donors (Lipinski definition) is 7. The summed E-state index contributed by atoms with van der Waals surface area (Å²) in [5.74, 6) is -4.66. The number of H-pyrrole nitrogens is 1. The van der Waals surface area contributed by atoms with Crippen LogP contribution in [0, 0.1) is 0 Å². The fourth-order valence-electron chi connectivity index (χ4n) is 5.02. The van der Waals surface area contributed by atoms with Gasteiger partial charge in [-0.3, -0.25) is 33.6 Å². The zero-order chi connectivity index (χ0) is 30.8. The number of imidazole rings is 1. The van der Waals surface area contributed by atoms with E-state index in [9.17, 15) is 33.6 Å². The van der Waals surface area contributed by atoms with Gasteiger partial charge < -0.3 is 47.3 Å². The van der Waals surface area contributed by atoms with Crippen molar-refractivity contribution < 1.29 is 38.7 Å². The molecule has 6 amide bonds. The van der Waals surface area contributed by atoms with Crippen LogP contribution in [-0.4, -0.2) is 117 Å². The van der Waals surface area contributed by atoms with Crippen molar-refractivity contribution in [3.63, 3.8) is 0 Å². The zero-order valence-electron chi connectivity index (χ0n) is 23.0. The topological polar surface area (TPSA) is 263 Å². The lowest BCUT2D eigenvalue weighted by Crippen LogP contribution is -2.57. The second-order valence-electron chi connectivity index (χ2n) is 10.2. The lowest BCUT2D eigenvalue weighted by Gasteiger charge is -2.31. The molecule has 2 aliphatic rings. The quantitative estimate of drug-likeness (QED) is 0.111. The number of nitrogens with two attached hydrogens (primary N) is 2. The molecule has 2 fully saturated rings. The molecule has 1 aromatic heterocycles. The number of aromatic amines is 1. The normalized spacial score (nSPS) is 19.5. The highest BCUT2D eigenvalue weighted by Crippen LogP contribution is 2.25. The number of amides is 6. The summed E-state index contributed by atoms with van der Waals surface area (Å²) in [5.41, 5.74) is 11.3. The Bertz CT molecular complexity index is 1170. The van der Waals surface area contributed by atoms with Crippen LogP contribution in [-0.2, 0) is 40.0 Å². The number of carboxylic acids is 1. The highest BCUT2D eigenvalue weighted by molar-refractivity contribution is 5.96. The first-order valence-electron chi connectivity index (χ1n) is 13.7. The molecule has 42 heavy (non-hydrogen) atoms. The van der Waals surface area contributed by atoms with Crippen molar-refractivity contribution in [2.24, 2.45) is 11.5 Å². The highest BCUT2D eigenvalue weighted by Gasteiger charge is 2.42. The first kappa shape index (κ1) is 32.0. The molecule has 2 aliphatic heterocycles. The Morgan fingerprint density at radius 1 is 1.00 bits per heavy atom. The van der Waals surface area contributed by atoms with E-state index in [0.29, 0.717) is 37.9 Å². The Balaban J connectivity index is 1.61. The number of nitrogens with one attached hydrogen (secondary N) is 4. The first-order valence-corrected chi connectivity index (χ1v) is 13.7. The molecule has 0 unspecified atom stereocenters. The summed E-state index contributed by atoms with van der Waals surface area (Å²) in [6.07, 6.45) is 4.63. The summed E-state index contributed by atoms with van der Waals surface area (Å²) in [5, 5.41) is 16.2. The molecule has 17 nitrogen and oxygen atoms in total. The van der Waals surface area contributed by atoms with Crippen molar-refractivity contribution in [1.29, 1.82) is 0 Å². The van der Waals surface area contributed by atoms with Gasteiger partial charge in [-0.25, -0.2) is 4.98 Å². The maximum absolute atomic E-state index is 13.6.